The van der Waals surface area contributed by atoms with Gasteiger partial charge < -0.3 is 15.0 Å². The number of nitriles is 1. The molecule has 6 heteroatoms. The Morgan fingerprint density at radius 3 is 2.64 bits per heavy atom. The van der Waals surface area contributed by atoms with Crippen molar-refractivity contribution in [1.29, 1.82) is 5.26 Å². The molecule has 166 valence electrons. The zero-order valence-corrected chi connectivity index (χ0v) is 18.6. The number of carbonyl (C=O) groups is 1. The molecule has 0 fully saturated rings. The smallest absolute Gasteiger partial charge is 0.205 e. The van der Waals surface area contributed by atoms with E-state index in [4.69, 9.17) is 10.5 Å². The number of hydrogen-bond donors (Lipinski definition) is 1. The Kier molecular flexibility index (Phi) is 4.86. The van der Waals surface area contributed by atoms with Crippen molar-refractivity contribution in [3.63, 3.8) is 0 Å². The first-order chi connectivity index (χ1) is 15.8. The van der Waals surface area contributed by atoms with E-state index in [-0.39, 0.29) is 28.5 Å². The number of ketones is 1. The lowest BCUT2D eigenvalue weighted by Crippen LogP contribution is -2.33. The van der Waals surface area contributed by atoms with Gasteiger partial charge in [0.15, 0.2) is 5.78 Å². The molecule has 1 aliphatic heterocycles. The average Bonchev–Trinajstić information content (AvgIpc) is 3.11. The second-order valence-corrected chi connectivity index (χ2v) is 9.56. The Labute approximate surface area is 191 Å². The Hall–Kier alpha value is -3.85. The van der Waals surface area contributed by atoms with Gasteiger partial charge in [-0.2, -0.15) is 5.26 Å². The van der Waals surface area contributed by atoms with E-state index in [1.165, 1.54) is 12.1 Å². The predicted octanol–water partition coefficient (Wildman–Crippen LogP) is 5.28. The number of nitrogens with two attached hydrogens (primary N) is 1. The second kappa shape index (κ2) is 7.63. The van der Waals surface area contributed by atoms with Crippen LogP contribution < -0.4 is 5.73 Å². The fraction of sp³-hybridized carbons (Fsp3) is 0.259. The van der Waals surface area contributed by atoms with Crippen LogP contribution in [0.4, 0.5) is 4.39 Å². The Morgan fingerprint density at radius 2 is 1.91 bits per heavy atom. The van der Waals surface area contributed by atoms with Crippen molar-refractivity contribution >= 4 is 16.7 Å². The van der Waals surface area contributed by atoms with E-state index < -0.39 is 5.92 Å². The number of aromatic nitrogens is 1. The van der Waals surface area contributed by atoms with Crippen molar-refractivity contribution in [3.8, 4) is 6.07 Å². The number of halogens is 1. The highest BCUT2D eigenvalue weighted by Gasteiger charge is 2.43. The third-order valence-corrected chi connectivity index (χ3v) is 6.47. The maximum absolute atomic E-state index is 13.4. The van der Waals surface area contributed by atoms with Crippen LogP contribution in [0.2, 0.25) is 0 Å². The summed E-state index contributed by atoms with van der Waals surface area (Å²) in [6.45, 7) is 4.58. The lowest BCUT2D eigenvalue weighted by atomic mass is 9.70. The summed E-state index contributed by atoms with van der Waals surface area (Å²) in [6, 6.07) is 16.5. The first-order valence-electron chi connectivity index (χ1n) is 10.9. The second-order valence-electron chi connectivity index (χ2n) is 9.56. The number of hydrogen-bond acceptors (Lipinski definition) is 4. The third-order valence-electron chi connectivity index (χ3n) is 6.47. The molecule has 1 atom stereocenters. The first-order valence-corrected chi connectivity index (χ1v) is 10.9. The van der Waals surface area contributed by atoms with Crippen LogP contribution in [0.3, 0.4) is 0 Å². The molecule has 3 aromatic rings. The fourth-order valence-electron chi connectivity index (χ4n) is 5.02. The van der Waals surface area contributed by atoms with Gasteiger partial charge in [-0.1, -0.05) is 44.2 Å². The molecule has 0 saturated heterocycles. The molecular weight excluding hydrogens is 417 g/mol. The summed E-state index contributed by atoms with van der Waals surface area (Å²) in [5.41, 5.74) is 9.50. The monoisotopic (exact) mass is 441 g/mol. The molecule has 0 bridgehead atoms. The number of nitrogens with zero attached hydrogens (tertiary/aromatic N) is 2. The van der Waals surface area contributed by atoms with Crippen molar-refractivity contribution in [1.82, 2.24) is 4.57 Å². The molecule has 33 heavy (non-hydrogen) atoms. The van der Waals surface area contributed by atoms with Gasteiger partial charge in [-0.3, -0.25) is 4.79 Å². The highest BCUT2D eigenvalue weighted by molar-refractivity contribution is 6.01. The van der Waals surface area contributed by atoms with Crippen LogP contribution in [-0.2, 0) is 16.1 Å². The Balaban J connectivity index is 1.69. The lowest BCUT2D eigenvalue weighted by molar-refractivity contribution is -0.119. The standard InChI is InChI=1S/C27H24FN3O2/c1-27(2)11-22(32)25-23(12-27)33-26(30)19(13-29)24(25)20-15-31(21-6-4-3-5-18(20)21)14-16-7-9-17(28)10-8-16/h3-10,15,24H,11-12,14,30H2,1-2H3/t24-/m1/s1. The molecule has 1 aromatic heterocycles. The van der Waals surface area contributed by atoms with Crippen LogP contribution >= 0.6 is 0 Å². The molecule has 2 aromatic carbocycles. The van der Waals surface area contributed by atoms with Crippen LogP contribution in [-0.4, -0.2) is 10.4 Å². The van der Waals surface area contributed by atoms with Crippen LogP contribution in [0.5, 0.6) is 0 Å². The van der Waals surface area contributed by atoms with Gasteiger partial charge in [0.05, 0.1) is 5.92 Å². The van der Waals surface area contributed by atoms with Gasteiger partial charge in [-0.15, -0.1) is 0 Å². The van der Waals surface area contributed by atoms with Crippen molar-refractivity contribution in [3.05, 3.63) is 94.5 Å². The van der Waals surface area contributed by atoms with Crippen LogP contribution in [0.25, 0.3) is 10.9 Å². The SMILES string of the molecule is CC1(C)CC(=O)C2=C(C1)OC(N)=C(C#N)[C@@H]2c1cn(Cc2ccc(F)cc2)c2ccccc12. The van der Waals surface area contributed by atoms with E-state index in [1.54, 1.807) is 12.1 Å². The van der Waals surface area contributed by atoms with E-state index in [0.29, 0.717) is 30.7 Å². The number of Topliss-reactive ketones (excluding diaryl/α,β-unsaturated/α-hetero) is 1. The summed E-state index contributed by atoms with van der Waals surface area (Å²) in [5, 5.41) is 10.9. The highest BCUT2D eigenvalue weighted by atomic mass is 19.1. The van der Waals surface area contributed by atoms with Gasteiger partial charge in [-0.05, 0) is 34.7 Å². The molecule has 0 radical (unpaired) electrons. The Bertz CT molecular complexity index is 1390. The summed E-state index contributed by atoms with van der Waals surface area (Å²) in [7, 11) is 0. The molecule has 2 N–H and O–H groups in total. The summed E-state index contributed by atoms with van der Waals surface area (Å²) in [5.74, 6) is -0.254. The van der Waals surface area contributed by atoms with Crippen LogP contribution in [0, 0.1) is 22.6 Å². The minimum atomic E-state index is -0.582. The minimum absolute atomic E-state index is 0.0122. The number of carbonyl (C=O) groups excluding carboxylic acids is 1. The van der Waals surface area contributed by atoms with Gasteiger partial charge in [0.25, 0.3) is 0 Å². The fourth-order valence-corrected chi connectivity index (χ4v) is 5.02. The maximum atomic E-state index is 13.4. The summed E-state index contributed by atoms with van der Waals surface area (Å²) in [4.78, 5) is 13.3. The summed E-state index contributed by atoms with van der Waals surface area (Å²) < 4.78 is 21.3. The van der Waals surface area contributed by atoms with Crippen molar-refractivity contribution in [2.75, 3.05) is 0 Å². The van der Waals surface area contributed by atoms with E-state index >= 15 is 0 Å². The van der Waals surface area contributed by atoms with Gasteiger partial charge in [0.2, 0.25) is 5.88 Å². The average molecular weight is 442 g/mol. The number of rotatable bonds is 3. The van der Waals surface area contributed by atoms with Gasteiger partial charge in [0.1, 0.15) is 23.2 Å². The van der Waals surface area contributed by atoms with Crippen molar-refractivity contribution in [2.45, 2.75) is 39.2 Å². The molecule has 2 aliphatic rings. The zero-order valence-electron chi connectivity index (χ0n) is 18.6. The number of para-hydroxylation sites is 1. The van der Waals surface area contributed by atoms with Crippen molar-refractivity contribution in [2.24, 2.45) is 11.1 Å². The predicted molar refractivity (Wildman–Crippen MR) is 123 cm³/mol. The van der Waals surface area contributed by atoms with E-state index in [9.17, 15) is 14.4 Å². The highest BCUT2D eigenvalue weighted by Crippen LogP contribution is 2.49. The number of ether oxygens (including phenoxy) is 1. The number of benzene rings is 2. The molecule has 2 heterocycles. The topological polar surface area (TPSA) is 81.0 Å². The van der Waals surface area contributed by atoms with E-state index in [0.717, 1.165) is 22.0 Å². The molecular formula is C27H24FN3O2. The molecule has 0 saturated carbocycles. The van der Waals surface area contributed by atoms with Crippen LogP contribution in [0.1, 0.15) is 43.7 Å². The molecule has 0 unspecified atom stereocenters. The van der Waals surface area contributed by atoms with Gasteiger partial charge >= 0.3 is 0 Å². The molecule has 1 aliphatic carbocycles. The third kappa shape index (κ3) is 3.60. The first kappa shape index (κ1) is 21.0. The van der Waals surface area contributed by atoms with Gasteiger partial charge in [-0.25, -0.2) is 4.39 Å². The molecule has 5 nitrogen and oxygen atoms in total. The Morgan fingerprint density at radius 1 is 1.18 bits per heavy atom. The normalized spacial score (nSPS) is 19.9. The number of fused-ring (bicyclic) bond motifs is 1. The molecule has 0 spiro atoms. The van der Waals surface area contributed by atoms with Crippen LogP contribution in [0.15, 0.2) is 77.5 Å². The minimum Gasteiger partial charge on any atom is -0.444 e. The van der Waals surface area contributed by atoms with E-state index in [1.807, 2.05) is 44.3 Å². The maximum Gasteiger partial charge on any atom is 0.205 e. The molecule has 5 rings (SSSR count). The lowest BCUT2D eigenvalue weighted by Gasteiger charge is -2.37. The van der Waals surface area contributed by atoms with E-state index in [2.05, 4.69) is 10.6 Å². The molecule has 0 amide bonds. The quantitative estimate of drug-likeness (QED) is 0.600. The van der Waals surface area contributed by atoms with Crippen molar-refractivity contribution < 1.29 is 13.9 Å². The van der Waals surface area contributed by atoms with Gasteiger partial charge in [0, 0.05) is 42.1 Å². The number of allylic oxidation sites excluding steroid dienone is 3. The summed E-state index contributed by atoms with van der Waals surface area (Å²) >= 11 is 0. The zero-order chi connectivity index (χ0) is 23.3. The summed E-state index contributed by atoms with van der Waals surface area (Å²) in [6.07, 6.45) is 2.95. The largest absolute Gasteiger partial charge is 0.444 e.